The molecule has 0 atom stereocenters. The third-order valence-corrected chi connectivity index (χ3v) is 0.853. The molecular weight excluding hydrogens is 150 g/mol. The third kappa shape index (κ3) is 26.7. The van der Waals surface area contributed by atoms with E-state index in [1.165, 1.54) is 0 Å². The van der Waals surface area contributed by atoms with Crippen molar-refractivity contribution in [3.05, 3.63) is 0 Å². The summed E-state index contributed by atoms with van der Waals surface area (Å²) < 4.78 is 0.820. The monoisotopic (exact) mass is 165 g/mol. The molecule has 0 rings (SSSR count). The van der Waals surface area contributed by atoms with E-state index in [0.29, 0.717) is 6.61 Å². The molecule has 0 saturated carbocycles. The van der Waals surface area contributed by atoms with Crippen LogP contribution in [-0.4, -0.2) is 50.5 Å². The highest BCUT2D eigenvalue weighted by molar-refractivity contribution is 5.29. The number of carbonyl (C=O) groups excluding carboxylic acids is 1. The van der Waals surface area contributed by atoms with Crippen LogP contribution in [0.15, 0.2) is 0 Å². The van der Waals surface area contributed by atoms with E-state index in [-0.39, 0.29) is 0 Å². The van der Waals surface area contributed by atoms with Crippen LogP contribution in [0.25, 0.3) is 0 Å². The smallest absolute Gasteiger partial charge is 0.131 e. The molecule has 68 valence electrons. The lowest BCUT2D eigenvalue weighted by atomic mass is 10.5. The van der Waals surface area contributed by atoms with Gasteiger partial charge in [0.2, 0.25) is 0 Å². The second-order valence-electron chi connectivity index (χ2n) is 2.94. The van der Waals surface area contributed by atoms with Gasteiger partial charge < -0.3 is 14.4 Å². The number of quaternary nitrogens is 1. The maximum Gasteiger partial charge on any atom is 0.131 e. The number of carboxylic acid groups (broad SMARTS) is 1. The minimum absolute atomic E-state index is 0.406. The van der Waals surface area contributed by atoms with Gasteiger partial charge in [0.1, 0.15) is 13.2 Å². The van der Waals surface area contributed by atoms with Crippen LogP contribution in [0.3, 0.4) is 0 Å². The molecule has 0 heterocycles. The van der Waals surface area contributed by atoms with Crippen molar-refractivity contribution >= 4 is 6.47 Å². The normalized spacial score (nSPS) is 9.82. The number of hydrogen-bond donors (Lipinski definition) is 1. The fraction of sp³-hybridized carbons (Fsp3) is 0.833. The lowest BCUT2D eigenvalue weighted by Gasteiger charge is -2.22. The fourth-order valence-electron chi connectivity index (χ4n) is 0.315. The molecule has 0 aromatic rings. The quantitative estimate of drug-likeness (QED) is 0.240. The van der Waals surface area contributed by atoms with Gasteiger partial charge in [0, 0.05) is 6.47 Å². The number of nitrogens with zero attached hydrogens (tertiary/aromatic N) is 1. The second-order valence-corrected chi connectivity index (χ2v) is 2.94. The predicted molar refractivity (Wildman–Crippen MR) is 37.5 cm³/mol. The molecule has 5 heteroatoms. The lowest BCUT2D eigenvalue weighted by Crippen LogP contribution is -2.37. The van der Waals surface area contributed by atoms with Crippen molar-refractivity contribution in [2.75, 3.05) is 34.3 Å². The molecule has 0 aliphatic carbocycles. The highest BCUT2D eigenvalue weighted by atomic mass is 17.1. The number of rotatable bonds is 3. The Morgan fingerprint density at radius 1 is 1.55 bits per heavy atom. The van der Waals surface area contributed by atoms with Gasteiger partial charge in [-0.25, -0.2) is 4.89 Å². The van der Waals surface area contributed by atoms with Crippen molar-refractivity contribution in [3.8, 4) is 0 Å². The van der Waals surface area contributed by atoms with E-state index < -0.39 is 6.47 Å². The summed E-state index contributed by atoms with van der Waals surface area (Å²) >= 11 is 0. The minimum Gasteiger partial charge on any atom is -0.554 e. The van der Waals surface area contributed by atoms with Gasteiger partial charge in [-0.15, -0.1) is 0 Å². The summed E-state index contributed by atoms with van der Waals surface area (Å²) in [4.78, 5) is 12.2. The van der Waals surface area contributed by atoms with E-state index in [1.807, 2.05) is 21.1 Å². The number of likely N-dealkylation sites (N-methyl/N-ethyl adjacent to an activating group) is 1. The fourth-order valence-corrected chi connectivity index (χ4v) is 0.315. The summed E-state index contributed by atoms with van der Waals surface area (Å²) in [6.45, 7) is 0.736. The highest BCUT2D eigenvalue weighted by Gasteiger charge is 2.04. The Morgan fingerprint density at radius 2 is 1.91 bits per heavy atom. The standard InChI is InChI=1S/C5H13NO2.CH2O2/c1-6(2,3)4-5-8-7;2-1-3/h4-5H2,1-3H3;1H,(H,2,3). The molecule has 0 unspecified atom stereocenters. The molecule has 0 aliphatic heterocycles. The van der Waals surface area contributed by atoms with Gasteiger partial charge in [0.05, 0.1) is 21.1 Å². The highest BCUT2D eigenvalue weighted by Crippen LogP contribution is 1.86. The van der Waals surface area contributed by atoms with Crippen molar-refractivity contribution in [2.24, 2.45) is 0 Å². The van der Waals surface area contributed by atoms with Crippen LogP contribution in [0.2, 0.25) is 0 Å². The maximum absolute atomic E-state index is 8.25. The van der Waals surface area contributed by atoms with Crippen LogP contribution < -0.4 is 5.11 Å². The van der Waals surface area contributed by atoms with E-state index >= 15 is 0 Å². The molecular formula is C6H15NO4. The Bertz CT molecular complexity index is 89.1. The summed E-state index contributed by atoms with van der Waals surface area (Å²) in [6.07, 6.45) is 0. The molecule has 0 amide bonds. The van der Waals surface area contributed by atoms with Crippen LogP contribution >= 0.6 is 0 Å². The lowest BCUT2D eigenvalue weighted by molar-refractivity contribution is -0.871. The average molecular weight is 165 g/mol. The Kier molecular flexibility index (Phi) is 8.80. The van der Waals surface area contributed by atoms with Gasteiger partial charge in [-0.1, -0.05) is 0 Å². The zero-order valence-corrected chi connectivity index (χ0v) is 7.11. The summed E-state index contributed by atoms with van der Waals surface area (Å²) in [6, 6.07) is 0. The summed E-state index contributed by atoms with van der Waals surface area (Å²) in [5.74, 6) is 0. The van der Waals surface area contributed by atoms with E-state index in [4.69, 9.17) is 15.2 Å². The molecule has 0 spiro atoms. The van der Waals surface area contributed by atoms with E-state index in [1.54, 1.807) is 0 Å². The van der Waals surface area contributed by atoms with Crippen molar-refractivity contribution in [3.63, 3.8) is 0 Å². The van der Waals surface area contributed by atoms with Crippen molar-refractivity contribution in [1.82, 2.24) is 0 Å². The largest absolute Gasteiger partial charge is 0.554 e. The first-order chi connectivity index (χ1) is 4.97. The summed E-state index contributed by atoms with van der Waals surface area (Å²) in [5.41, 5.74) is 0. The Labute approximate surface area is 66.3 Å². The van der Waals surface area contributed by atoms with Crippen molar-refractivity contribution in [2.45, 2.75) is 0 Å². The summed E-state index contributed by atoms with van der Waals surface area (Å²) in [7, 11) is 6.12. The van der Waals surface area contributed by atoms with Gasteiger partial charge in [-0.2, -0.15) is 0 Å². The molecule has 0 saturated heterocycles. The second kappa shape index (κ2) is 7.46. The van der Waals surface area contributed by atoms with Crippen LogP contribution in [0.4, 0.5) is 0 Å². The number of hydrogen-bond acceptors (Lipinski definition) is 4. The van der Waals surface area contributed by atoms with Crippen LogP contribution in [0, 0.1) is 0 Å². The zero-order chi connectivity index (χ0) is 9.33. The van der Waals surface area contributed by atoms with Gasteiger partial charge in [0.15, 0.2) is 0 Å². The van der Waals surface area contributed by atoms with Gasteiger partial charge in [-0.3, -0.25) is 5.26 Å². The molecule has 5 nitrogen and oxygen atoms in total. The van der Waals surface area contributed by atoms with E-state index in [2.05, 4.69) is 4.89 Å². The van der Waals surface area contributed by atoms with Gasteiger partial charge in [-0.05, 0) is 0 Å². The molecule has 11 heavy (non-hydrogen) atoms. The number of carbonyl (C=O) groups is 1. The molecule has 1 N–H and O–H groups in total. The van der Waals surface area contributed by atoms with E-state index in [9.17, 15) is 0 Å². The van der Waals surface area contributed by atoms with Crippen LogP contribution in [0.5, 0.6) is 0 Å². The van der Waals surface area contributed by atoms with Crippen molar-refractivity contribution < 1.29 is 24.5 Å². The first-order valence-corrected chi connectivity index (χ1v) is 3.10. The topological polar surface area (TPSA) is 69.6 Å². The third-order valence-electron chi connectivity index (χ3n) is 0.853. The average Bonchev–Trinajstić information content (AvgIpc) is 1.84. The van der Waals surface area contributed by atoms with E-state index in [0.717, 1.165) is 11.0 Å². The van der Waals surface area contributed by atoms with Crippen LogP contribution in [-0.2, 0) is 9.68 Å². The Hall–Kier alpha value is -0.650. The van der Waals surface area contributed by atoms with Crippen LogP contribution in [0.1, 0.15) is 0 Å². The molecule has 0 aliphatic rings. The maximum atomic E-state index is 8.25. The molecule has 0 radical (unpaired) electrons. The molecule has 0 fully saturated rings. The SMILES string of the molecule is C[N+](C)(C)CCOO.O=C[O-]. The zero-order valence-electron chi connectivity index (χ0n) is 7.11. The summed E-state index contributed by atoms with van der Waals surface area (Å²) in [5, 5.41) is 16.2. The van der Waals surface area contributed by atoms with Gasteiger partial charge >= 0.3 is 0 Å². The molecule has 0 aromatic carbocycles. The first-order valence-electron chi connectivity index (χ1n) is 3.10. The minimum atomic E-state index is -0.500. The molecule has 0 aromatic heterocycles. The Morgan fingerprint density at radius 3 is 2.00 bits per heavy atom. The van der Waals surface area contributed by atoms with Crippen molar-refractivity contribution in [1.29, 1.82) is 0 Å². The molecule has 0 bridgehead atoms. The first kappa shape index (κ1) is 13.0. The predicted octanol–water partition coefficient (Wildman–Crippen LogP) is -1.45. The Balaban J connectivity index is 0. The van der Waals surface area contributed by atoms with Gasteiger partial charge in [0.25, 0.3) is 0 Å².